The van der Waals surface area contributed by atoms with Crippen molar-refractivity contribution in [3.63, 3.8) is 0 Å². The molecular formula is C14H20N2O2S. The van der Waals surface area contributed by atoms with Crippen molar-refractivity contribution in [3.8, 4) is 0 Å². The van der Waals surface area contributed by atoms with Crippen molar-refractivity contribution in [2.24, 2.45) is 0 Å². The number of carbonyl (C=O) groups is 1. The number of aliphatic hydroxyl groups is 1. The molecule has 1 N–H and O–H groups in total. The van der Waals surface area contributed by atoms with Crippen LogP contribution in [0.25, 0.3) is 0 Å². The summed E-state index contributed by atoms with van der Waals surface area (Å²) < 4.78 is 0. The molecule has 0 atom stereocenters. The van der Waals surface area contributed by atoms with E-state index in [-0.39, 0.29) is 12.5 Å². The van der Waals surface area contributed by atoms with Crippen LogP contribution >= 0.6 is 11.8 Å². The standard InChI is InChI=1S/C14H20N2O2S/c1-15(2)6-3-7-16-12-8-11(9-17)4-5-13(12)19-10-14(16)18/h4-5,8,17H,3,6-7,9-10H2,1-2H3. The molecule has 4 nitrogen and oxygen atoms in total. The Hall–Kier alpha value is -1.04. The lowest BCUT2D eigenvalue weighted by molar-refractivity contribution is -0.116. The average Bonchev–Trinajstić information content (AvgIpc) is 2.40. The molecule has 0 spiro atoms. The molecule has 1 aromatic carbocycles. The van der Waals surface area contributed by atoms with Crippen LogP contribution < -0.4 is 4.90 Å². The molecule has 0 unspecified atom stereocenters. The first-order valence-corrected chi connectivity index (χ1v) is 7.42. The Balaban J connectivity index is 2.16. The van der Waals surface area contributed by atoms with E-state index in [9.17, 15) is 9.90 Å². The molecule has 1 aliphatic heterocycles. The monoisotopic (exact) mass is 280 g/mol. The fraction of sp³-hybridized carbons (Fsp3) is 0.500. The van der Waals surface area contributed by atoms with Gasteiger partial charge in [0.15, 0.2) is 0 Å². The quantitative estimate of drug-likeness (QED) is 0.889. The zero-order valence-electron chi connectivity index (χ0n) is 11.4. The molecule has 1 aliphatic rings. The number of amides is 1. The number of fused-ring (bicyclic) bond motifs is 1. The summed E-state index contributed by atoms with van der Waals surface area (Å²) in [5, 5.41) is 9.22. The van der Waals surface area contributed by atoms with Crippen molar-refractivity contribution in [2.75, 3.05) is 37.8 Å². The van der Waals surface area contributed by atoms with Crippen molar-refractivity contribution in [1.29, 1.82) is 0 Å². The van der Waals surface area contributed by atoms with Crippen LogP contribution in [-0.2, 0) is 11.4 Å². The van der Waals surface area contributed by atoms with Crippen molar-refractivity contribution < 1.29 is 9.90 Å². The molecule has 5 heteroatoms. The van der Waals surface area contributed by atoms with Crippen LogP contribution in [0.1, 0.15) is 12.0 Å². The third-order valence-electron chi connectivity index (χ3n) is 3.14. The Morgan fingerprint density at radius 3 is 2.89 bits per heavy atom. The van der Waals surface area contributed by atoms with Crippen LogP contribution in [0.3, 0.4) is 0 Å². The van der Waals surface area contributed by atoms with E-state index in [0.29, 0.717) is 5.75 Å². The Kier molecular flexibility index (Phi) is 4.85. The molecule has 1 amide bonds. The first-order chi connectivity index (χ1) is 9.11. The molecule has 0 aliphatic carbocycles. The molecule has 0 bridgehead atoms. The lowest BCUT2D eigenvalue weighted by Gasteiger charge is -2.29. The Morgan fingerprint density at radius 1 is 1.42 bits per heavy atom. The minimum absolute atomic E-state index is 0.0116. The van der Waals surface area contributed by atoms with E-state index in [2.05, 4.69) is 4.90 Å². The lowest BCUT2D eigenvalue weighted by atomic mass is 10.2. The predicted octanol–water partition coefficient (Wildman–Crippen LogP) is 1.57. The van der Waals surface area contributed by atoms with E-state index in [4.69, 9.17) is 0 Å². The van der Waals surface area contributed by atoms with Gasteiger partial charge in [0.1, 0.15) is 0 Å². The Bertz CT molecular complexity index is 463. The van der Waals surface area contributed by atoms with Crippen LogP contribution in [0.5, 0.6) is 0 Å². The minimum Gasteiger partial charge on any atom is -0.392 e. The molecule has 0 saturated heterocycles. The van der Waals surface area contributed by atoms with Crippen LogP contribution in [0.2, 0.25) is 0 Å². The molecule has 19 heavy (non-hydrogen) atoms. The predicted molar refractivity (Wildman–Crippen MR) is 78.6 cm³/mol. The van der Waals surface area contributed by atoms with Crippen LogP contribution in [0.4, 0.5) is 5.69 Å². The van der Waals surface area contributed by atoms with Crippen molar-refractivity contribution in [1.82, 2.24) is 4.90 Å². The van der Waals surface area contributed by atoms with Gasteiger partial charge in [-0.1, -0.05) is 6.07 Å². The number of hydrogen-bond acceptors (Lipinski definition) is 4. The zero-order valence-corrected chi connectivity index (χ0v) is 12.2. The van der Waals surface area contributed by atoms with Crippen LogP contribution in [0, 0.1) is 0 Å². The van der Waals surface area contributed by atoms with Gasteiger partial charge >= 0.3 is 0 Å². The van der Waals surface area contributed by atoms with Gasteiger partial charge in [-0.2, -0.15) is 0 Å². The van der Waals surface area contributed by atoms with Gasteiger partial charge in [0, 0.05) is 11.4 Å². The number of rotatable bonds is 5. The van der Waals surface area contributed by atoms with Crippen molar-refractivity contribution in [2.45, 2.75) is 17.9 Å². The van der Waals surface area contributed by atoms with Gasteiger partial charge in [-0.15, -0.1) is 11.8 Å². The second kappa shape index (κ2) is 6.41. The lowest BCUT2D eigenvalue weighted by Crippen LogP contribution is -2.37. The highest BCUT2D eigenvalue weighted by Gasteiger charge is 2.24. The van der Waals surface area contributed by atoms with Gasteiger partial charge in [-0.25, -0.2) is 0 Å². The fourth-order valence-corrected chi connectivity index (χ4v) is 3.05. The maximum atomic E-state index is 12.1. The van der Waals surface area contributed by atoms with Gasteiger partial charge in [0.05, 0.1) is 18.0 Å². The Morgan fingerprint density at radius 2 is 2.21 bits per heavy atom. The third kappa shape index (κ3) is 3.49. The van der Waals surface area contributed by atoms with Crippen molar-refractivity contribution >= 4 is 23.4 Å². The largest absolute Gasteiger partial charge is 0.392 e. The molecule has 0 fully saturated rings. The first kappa shape index (κ1) is 14.4. The molecular weight excluding hydrogens is 260 g/mol. The fourth-order valence-electron chi connectivity index (χ4n) is 2.14. The van der Waals surface area contributed by atoms with E-state index < -0.39 is 0 Å². The number of aliphatic hydroxyl groups excluding tert-OH is 1. The summed E-state index contributed by atoms with van der Waals surface area (Å²) >= 11 is 1.58. The zero-order chi connectivity index (χ0) is 13.8. The normalized spacial score (nSPS) is 14.9. The van der Waals surface area contributed by atoms with Crippen LogP contribution in [0.15, 0.2) is 23.1 Å². The van der Waals surface area contributed by atoms with Gasteiger partial charge < -0.3 is 14.9 Å². The summed E-state index contributed by atoms with van der Waals surface area (Å²) in [5.41, 5.74) is 1.80. The van der Waals surface area contributed by atoms with Crippen molar-refractivity contribution in [3.05, 3.63) is 23.8 Å². The number of anilines is 1. The number of carbonyl (C=O) groups excluding carboxylic acids is 1. The van der Waals surface area contributed by atoms with E-state index >= 15 is 0 Å². The summed E-state index contributed by atoms with van der Waals surface area (Å²) in [6, 6.07) is 5.84. The minimum atomic E-state index is 0.0116. The summed E-state index contributed by atoms with van der Waals surface area (Å²) in [4.78, 5) is 17.2. The smallest absolute Gasteiger partial charge is 0.237 e. The first-order valence-electron chi connectivity index (χ1n) is 6.43. The second-order valence-corrected chi connectivity index (χ2v) is 5.97. The third-order valence-corrected chi connectivity index (χ3v) is 4.18. The molecule has 2 rings (SSSR count). The summed E-state index contributed by atoms with van der Waals surface area (Å²) in [5.74, 6) is 0.666. The molecule has 1 heterocycles. The van der Waals surface area contributed by atoms with E-state index in [1.165, 1.54) is 0 Å². The average molecular weight is 280 g/mol. The summed E-state index contributed by atoms with van der Waals surface area (Å²) in [6.45, 7) is 1.71. The van der Waals surface area contributed by atoms with Gasteiger partial charge in [0.25, 0.3) is 0 Å². The molecule has 1 aromatic rings. The molecule has 104 valence electrons. The number of benzene rings is 1. The van der Waals surface area contributed by atoms with E-state index in [0.717, 1.165) is 35.7 Å². The summed E-state index contributed by atoms with van der Waals surface area (Å²) in [7, 11) is 4.07. The summed E-state index contributed by atoms with van der Waals surface area (Å²) in [6.07, 6.45) is 0.951. The van der Waals surface area contributed by atoms with Crippen LogP contribution in [-0.4, -0.2) is 48.9 Å². The maximum Gasteiger partial charge on any atom is 0.237 e. The highest BCUT2D eigenvalue weighted by Crippen LogP contribution is 2.36. The Labute approximate surface area is 118 Å². The van der Waals surface area contributed by atoms with E-state index in [1.807, 2.05) is 37.2 Å². The van der Waals surface area contributed by atoms with Gasteiger partial charge in [-0.05, 0) is 44.8 Å². The van der Waals surface area contributed by atoms with Gasteiger partial charge in [-0.3, -0.25) is 4.79 Å². The molecule has 0 aromatic heterocycles. The SMILES string of the molecule is CN(C)CCCN1C(=O)CSc2ccc(CO)cc21. The number of hydrogen-bond donors (Lipinski definition) is 1. The van der Waals surface area contributed by atoms with Gasteiger partial charge in [0.2, 0.25) is 5.91 Å². The van der Waals surface area contributed by atoms with E-state index in [1.54, 1.807) is 11.8 Å². The number of nitrogens with zero attached hydrogens (tertiary/aromatic N) is 2. The maximum absolute atomic E-state index is 12.1. The number of thioether (sulfide) groups is 1. The molecule has 0 radical (unpaired) electrons. The highest BCUT2D eigenvalue weighted by atomic mass is 32.2. The second-order valence-electron chi connectivity index (χ2n) is 4.95. The highest BCUT2D eigenvalue weighted by molar-refractivity contribution is 8.00. The topological polar surface area (TPSA) is 43.8 Å². The molecule has 0 saturated carbocycles.